The number of fused-ring (bicyclic) bond motifs is 4. The monoisotopic (exact) mass is 484 g/mol. The van der Waals surface area contributed by atoms with Gasteiger partial charge in [-0.1, -0.05) is 24.3 Å². The highest BCUT2D eigenvalue weighted by atomic mass is 16.7. The molecule has 0 radical (unpaired) electrons. The Morgan fingerprint density at radius 3 is 2.89 bits per heavy atom. The topological polar surface area (TPSA) is 87.4 Å². The van der Waals surface area contributed by atoms with Gasteiger partial charge in [-0.3, -0.25) is 0 Å². The minimum absolute atomic E-state index is 0.0715. The van der Waals surface area contributed by atoms with Crippen LogP contribution in [-0.2, 0) is 33.0 Å². The molecule has 7 rings (SSSR count). The Hall–Kier alpha value is -3.65. The van der Waals surface area contributed by atoms with E-state index in [1.54, 1.807) is 12.5 Å². The second kappa shape index (κ2) is 8.20. The zero-order chi connectivity index (χ0) is 24.3. The second-order valence-electron chi connectivity index (χ2n) is 9.70. The van der Waals surface area contributed by atoms with Gasteiger partial charge in [0, 0.05) is 29.5 Å². The minimum atomic E-state index is -0.970. The first-order chi connectivity index (χ1) is 17.6. The number of cyclic esters (lactones) is 1. The molecule has 2 bridgehead atoms. The molecular formula is C29H24O7. The fraction of sp³-hybridized carbons (Fsp3) is 0.276. The third kappa shape index (κ3) is 3.59. The van der Waals surface area contributed by atoms with Gasteiger partial charge in [0.1, 0.15) is 19.0 Å². The zero-order valence-corrected chi connectivity index (χ0v) is 19.4. The van der Waals surface area contributed by atoms with Crippen LogP contribution in [0.15, 0.2) is 71.5 Å². The van der Waals surface area contributed by atoms with Gasteiger partial charge in [0.05, 0.1) is 36.4 Å². The molecule has 36 heavy (non-hydrogen) atoms. The van der Waals surface area contributed by atoms with E-state index in [9.17, 15) is 9.90 Å². The van der Waals surface area contributed by atoms with Gasteiger partial charge in [-0.25, -0.2) is 4.79 Å². The number of aliphatic hydroxyl groups is 1. The number of hydrogen-bond donors (Lipinski definition) is 1. The Labute approximate surface area is 207 Å². The van der Waals surface area contributed by atoms with Crippen molar-refractivity contribution in [2.75, 3.05) is 6.61 Å². The zero-order valence-electron chi connectivity index (χ0n) is 19.4. The summed E-state index contributed by atoms with van der Waals surface area (Å²) in [6.45, 7) is 1.12. The van der Waals surface area contributed by atoms with Gasteiger partial charge in [-0.2, -0.15) is 0 Å². The Kier molecular flexibility index (Phi) is 4.92. The van der Waals surface area contributed by atoms with Gasteiger partial charge in [-0.15, -0.1) is 0 Å². The Morgan fingerprint density at radius 2 is 2.03 bits per heavy atom. The lowest BCUT2D eigenvalue weighted by atomic mass is 9.83. The quantitative estimate of drug-likeness (QED) is 0.396. The average molecular weight is 485 g/mol. The number of carbonyl (C=O) groups excluding carboxylic acids is 1. The molecule has 0 unspecified atom stereocenters. The van der Waals surface area contributed by atoms with Gasteiger partial charge >= 0.3 is 5.97 Å². The molecule has 4 heterocycles. The lowest BCUT2D eigenvalue weighted by Gasteiger charge is -2.35. The molecule has 4 aromatic rings. The van der Waals surface area contributed by atoms with Crippen LogP contribution in [0.25, 0.3) is 21.9 Å². The Bertz CT molecular complexity index is 1460. The maximum Gasteiger partial charge on any atom is 0.338 e. The summed E-state index contributed by atoms with van der Waals surface area (Å²) in [5, 5.41) is 13.2. The highest BCUT2D eigenvalue weighted by Crippen LogP contribution is 2.42. The molecule has 3 aromatic carbocycles. The molecule has 3 aliphatic heterocycles. The molecule has 1 aromatic heterocycles. The van der Waals surface area contributed by atoms with Gasteiger partial charge < -0.3 is 28.5 Å². The maximum absolute atomic E-state index is 12.3. The van der Waals surface area contributed by atoms with Crippen LogP contribution in [-0.4, -0.2) is 30.1 Å². The summed E-state index contributed by atoms with van der Waals surface area (Å²) in [6.07, 6.45) is 3.82. The summed E-state index contributed by atoms with van der Waals surface area (Å²) in [6, 6.07) is 17.5. The van der Waals surface area contributed by atoms with Gasteiger partial charge in [0.2, 0.25) is 0 Å². The summed E-state index contributed by atoms with van der Waals surface area (Å²) < 4.78 is 28.2. The number of esters is 1. The normalized spacial score (nSPS) is 24.6. The van der Waals surface area contributed by atoms with Crippen molar-refractivity contribution in [3.8, 4) is 16.9 Å². The summed E-state index contributed by atoms with van der Waals surface area (Å²) in [5.41, 5.74) is 4.12. The van der Waals surface area contributed by atoms with Crippen LogP contribution in [0.5, 0.6) is 5.75 Å². The molecule has 0 aliphatic carbocycles. The smallest absolute Gasteiger partial charge is 0.338 e. The van der Waals surface area contributed by atoms with Gasteiger partial charge in [0.25, 0.3) is 0 Å². The van der Waals surface area contributed by atoms with E-state index in [-0.39, 0.29) is 25.0 Å². The molecule has 0 spiro atoms. The molecule has 2 saturated heterocycles. The molecule has 0 saturated carbocycles. The van der Waals surface area contributed by atoms with Crippen molar-refractivity contribution in [2.45, 2.75) is 44.1 Å². The van der Waals surface area contributed by atoms with Crippen molar-refractivity contribution < 1.29 is 33.3 Å². The second-order valence-corrected chi connectivity index (χ2v) is 9.70. The molecule has 3 aliphatic rings. The lowest BCUT2D eigenvalue weighted by Crippen LogP contribution is -2.39. The van der Waals surface area contributed by atoms with E-state index in [0.29, 0.717) is 37.4 Å². The molecule has 182 valence electrons. The van der Waals surface area contributed by atoms with Crippen molar-refractivity contribution in [3.63, 3.8) is 0 Å². The Morgan fingerprint density at radius 1 is 1.08 bits per heavy atom. The van der Waals surface area contributed by atoms with E-state index in [1.165, 1.54) is 0 Å². The average Bonchev–Trinajstić information content (AvgIpc) is 3.63. The number of carbonyl (C=O) groups is 1. The molecule has 0 amide bonds. The first-order valence-corrected chi connectivity index (χ1v) is 12.1. The molecule has 7 nitrogen and oxygen atoms in total. The number of benzene rings is 3. The van der Waals surface area contributed by atoms with Gasteiger partial charge in [0.15, 0.2) is 6.29 Å². The third-order valence-electron chi connectivity index (χ3n) is 7.35. The third-order valence-corrected chi connectivity index (χ3v) is 7.35. The van der Waals surface area contributed by atoms with Crippen LogP contribution >= 0.6 is 0 Å². The van der Waals surface area contributed by atoms with Crippen LogP contribution in [0.2, 0.25) is 0 Å². The predicted octanol–water partition coefficient (Wildman–Crippen LogP) is 5.07. The van der Waals surface area contributed by atoms with Crippen LogP contribution in [0.1, 0.15) is 39.9 Å². The maximum atomic E-state index is 12.3. The molecular weight excluding hydrogens is 460 g/mol. The van der Waals surface area contributed by atoms with E-state index < -0.39 is 5.60 Å². The summed E-state index contributed by atoms with van der Waals surface area (Å²) >= 11 is 0. The van der Waals surface area contributed by atoms with Crippen molar-refractivity contribution in [1.82, 2.24) is 0 Å². The minimum Gasteiger partial charge on any atom is -0.489 e. The first-order valence-electron chi connectivity index (χ1n) is 12.1. The van der Waals surface area contributed by atoms with E-state index in [4.69, 9.17) is 23.4 Å². The van der Waals surface area contributed by atoms with Crippen molar-refractivity contribution in [2.24, 2.45) is 0 Å². The highest BCUT2D eigenvalue weighted by molar-refractivity contribution is 6.07. The first kappa shape index (κ1) is 21.6. The van der Waals surface area contributed by atoms with Crippen molar-refractivity contribution in [1.29, 1.82) is 0 Å². The number of furan rings is 1. The molecule has 3 atom stereocenters. The number of rotatable bonds is 5. The molecule has 1 N–H and O–H groups in total. The largest absolute Gasteiger partial charge is 0.489 e. The van der Waals surface area contributed by atoms with Crippen LogP contribution in [0.3, 0.4) is 0 Å². The van der Waals surface area contributed by atoms with Crippen LogP contribution in [0, 0.1) is 0 Å². The van der Waals surface area contributed by atoms with Gasteiger partial charge in [-0.05, 0) is 52.2 Å². The van der Waals surface area contributed by atoms with Crippen molar-refractivity contribution >= 4 is 16.7 Å². The number of ether oxygens (including phenoxy) is 4. The van der Waals surface area contributed by atoms with E-state index in [0.717, 1.165) is 38.6 Å². The van der Waals surface area contributed by atoms with Crippen molar-refractivity contribution in [3.05, 3.63) is 89.4 Å². The molecule has 7 heteroatoms. The Balaban J connectivity index is 1.18. The number of hydrogen-bond acceptors (Lipinski definition) is 7. The van der Waals surface area contributed by atoms with Crippen LogP contribution < -0.4 is 4.74 Å². The fourth-order valence-corrected chi connectivity index (χ4v) is 5.60. The molecule has 2 fully saturated rings. The van der Waals surface area contributed by atoms with E-state index in [2.05, 4.69) is 0 Å². The summed E-state index contributed by atoms with van der Waals surface area (Å²) in [7, 11) is 0. The van der Waals surface area contributed by atoms with E-state index in [1.807, 2.05) is 54.6 Å². The summed E-state index contributed by atoms with van der Waals surface area (Å²) in [5.74, 6) is 0.404. The lowest BCUT2D eigenvalue weighted by molar-refractivity contribution is -0.159. The fourth-order valence-electron chi connectivity index (χ4n) is 5.60. The van der Waals surface area contributed by atoms with Crippen LogP contribution in [0.4, 0.5) is 0 Å². The summed E-state index contributed by atoms with van der Waals surface area (Å²) in [4.78, 5) is 12.3. The SMILES string of the molecule is O=C1OCc2c1cc1ccc(OCc3cccc([C@]4(O)C[C@H]5CO[C@@H](C4)O5)c3)cc1c2-c1ccoc1. The standard InChI is InChI=1S/C29H24O7/c30-28-24-9-18-4-5-21(10-23(18)27(25(24)16-35-28)19-6-7-32-14-19)33-13-17-2-1-3-20(8-17)29(31)11-22-15-34-26(12-29)36-22/h1-10,14,22,26,31H,11-13,15-16H2/t22-,26+,29-/m0/s1. The van der Waals surface area contributed by atoms with E-state index >= 15 is 0 Å². The predicted molar refractivity (Wildman–Crippen MR) is 129 cm³/mol. The highest BCUT2D eigenvalue weighted by Gasteiger charge is 2.45.